The second-order valence-electron chi connectivity index (χ2n) is 9.10. The predicted octanol–water partition coefficient (Wildman–Crippen LogP) is 6.94. The van der Waals surface area contributed by atoms with Gasteiger partial charge >= 0.3 is 0 Å². The van der Waals surface area contributed by atoms with Gasteiger partial charge in [0.2, 0.25) is 11.6 Å². The van der Waals surface area contributed by atoms with E-state index in [-0.39, 0.29) is 18.0 Å². The number of ether oxygens (including phenoxy) is 3. The number of para-hydroxylation sites is 2. The van der Waals surface area contributed by atoms with Crippen molar-refractivity contribution in [1.29, 1.82) is 0 Å². The van der Waals surface area contributed by atoms with Gasteiger partial charge < -0.3 is 18.6 Å². The zero-order valence-corrected chi connectivity index (χ0v) is 23.0. The molecular weight excluding hydrogens is 542 g/mol. The highest BCUT2D eigenvalue weighted by atomic mass is 35.5. The maximum Gasteiger partial charge on any atom is 0.282 e. The van der Waals surface area contributed by atoms with Crippen LogP contribution in [0.2, 0.25) is 5.02 Å². The van der Waals surface area contributed by atoms with Crippen LogP contribution in [-0.4, -0.2) is 30.1 Å². The van der Waals surface area contributed by atoms with E-state index in [0.717, 1.165) is 10.9 Å². The number of rotatable bonds is 8. The van der Waals surface area contributed by atoms with Crippen molar-refractivity contribution in [3.05, 3.63) is 117 Å². The summed E-state index contributed by atoms with van der Waals surface area (Å²) in [5.41, 5.74) is 2.33. The summed E-state index contributed by atoms with van der Waals surface area (Å²) in [6, 6.07) is 27.5. The van der Waals surface area contributed by atoms with Crippen molar-refractivity contribution < 1.29 is 18.6 Å². The summed E-state index contributed by atoms with van der Waals surface area (Å²) >= 11 is 6.29. The lowest BCUT2D eigenvalue weighted by Crippen LogP contribution is -2.20. The van der Waals surface area contributed by atoms with E-state index in [9.17, 15) is 4.79 Å². The Labute approximate surface area is 240 Å². The Kier molecular flexibility index (Phi) is 7.14. The summed E-state index contributed by atoms with van der Waals surface area (Å²) in [5, 5.41) is 6.47. The molecule has 0 saturated heterocycles. The molecule has 0 spiro atoms. The average molecular weight is 566 g/mol. The quantitative estimate of drug-likeness (QED) is 0.186. The van der Waals surface area contributed by atoms with Crippen LogP contribution in [0, 0.1) is 0 Å². The highest BCUT2D eigenvalue weighted by Crippen LogP contribution is 2.39. The maximum absolute atomic E-state index is 13.6. The first-order chi connectivity index (χ1) is 20.1. The number of aromatic nitrogens is 2. The van der Waals surface area contributed by atoms with E-state index in [1.165, 1.54) is 25.1 Å². The number of halogens is 1. The van der Waals surface area contributed by atoms with Crippen molar-refractivity contribution in [2.75, 3.05) is 14.2 Å². The summed E-state index contributed by atoms with van der Waals surface area (Å²) in [4.78, 5) is 18.3. The molecule has 2 heterocycles. The minimum atomic E-state index is -0.332. The number of fused-ring (bicyclic) bond motifs is 2. The second kappa shape index (κ2) is 11.2. The Morgan fingerprint density at radius 3 is 2.39 bits per heavy atom. The molecule has 4 aromatic carbocycles. The van der Waals surface area contributed by atoms with Crippen molar-refractivity contribution in [1.82, 2.24) is 9.66 Å². The summed E-state index contributed by atoms with van der Waals surface area (Å²) in [5.74, 6) is 1.97. The zero-order chi connectivity index (χ0) is 28.3. The Morgan fingerprint density at radius 1 is 0.927 bits per heavy atom. The molecule has 9 heteroatoms. The number of hydrogen-bond donors (Lipinski definition) is 0. The van der Waals surface area contributed by atoms with E-state index in [4.69, 9.17) is 35.2 Å². The molecule has 0 bridgehead atoms. The Morgan fingerprint density at radius 2 is 1.63 bits per heavy atom. The molecule has 0 amide bonds. The van der Waals surface area contributed by atoms with Crippen LogP contribution in [0.5, 0.6) is 17.2 Å². The molecule has 0 N–H and O–H groups in total. The monoisotopic (exact) mass is 565 g/mol. The van der Waals surface area contributed by atoms with Crippen LogP contribution in [-0.2, 0) is 6.61 Å². The van der Waals surface area contributed by atoms with Gasteiger partial charge in [-0.15, -0.1) is 0 Å². The second-order valence-corrected chi connectivity index (χ2v) is 9.50. The molecule has 0 fully saturated rings. The van der Waals surface area contributed by atoms with Gasteiger partial charge in [-0.25, -0.2) is 4.98 Å². The summed E-state index contributed by atoms with van der Waals surface area (Å²) in [6.45, 7) is 0.221. The normalized spacial score (nSPS) is 11.4. The third-order valence-corrected chi connectivity index (χ3v) is 6.90. The maximum atomic E-state index is 13.6. The highest BCUT2D eigenvalue weighted by molar-refractivity contribution is 6.31. The first-order valence-corrected chi connectivity index (χ1v) is 13.1. The van der Waals surface area contributed by atoms with E-state index >= 15 is 0 Å². The van der Waals surface area contributed by atoms with Crippen LogP contribution in [0.1, 0.15) is 11.1 Å². The first-order valence-electron chi connectivity index (χ1n) is 12.7. The molecule has 0 saturated carbocycles. The van der Waals surface area contributed by atoms with Crippen LogP contribution in [0.4, 0.5) is 0 Å². The molecule has 8 nitrogen and oxygen atoms in total. The highest BCUT2D eigenvalue weighted by Gasteiger charge is 2.18. The molecule has 204 valence electrons. The Hall–Kier alpha value is -5.08. The van der Waals surface area contributed by atoms with Crippen LogP contribution in [0.15, 0.2) is 105 Å². The molecule has 0 aliphatic rings. The lowest BCUT2D eigenvalue weighted by molar-refractivity contribution is 0.266. The lowest BCUT2D eigenvalue weighted by Gasteiger charge is -2.16. The SMILES string of the molecule is COc1cc(C=Nn2c(-c3cc4ccccc4o3)nc3ccccc3c2=O)cc(OC)c1OCc1ccccc1Cl. The standard InChI is InChI=1S/C32H24ClN3O5/c1-38-27-15-20(16-28(39-2)30(27)40-19-22-10-3-6-12-24(22)33)18-34-36-31(29-17-21-9-4-8-14-26(21)41-29)35-25-13-7-5-11-23(25)32(36)37/h3-18H,19H2,1-2H3. The van der Waals surface area contributed by atoms with Crippen molar-refractivity contribution >= 4 is 39.7 Å². The molecular formula is C32H24ClN3O5. The van der Waals surface area contributed by atoms with Gasteiger partial charge in [-0.1, -0.05) is 60.1 Å². The van der Waals surface area contributed by atoms with E-state index in [1.807, 2.05) is 54.6 Å². The van der Waals surface area contributed by atoms with Crippen LogP contribution >= 0.6 is 11.6 Å². The minimum absolute atomic E-state index is 0.221. The van der Waals surface area contributed by atoms with Crippen LogP contribution in [0.3, 0.4) is 0 Å². The molecule has 0 radical (unpaired) electrons. The van der Waals surface area contributed by atoms with E-state index < -0.39 is 0 Å². The smallest absolute Gasteiger partial charge is 0.282 e. The fourth-order valence-electron chi connectivity index (χ4n) is 4.49. The molecule has 0 unspecified atom stereocenters. The zero-order valence-electron chi connectivity index (χ0n) is 22.2. The number of benzene rings is 4. The number of hydrogen-bond acceptors (Lipinski definition) is 7. The molecule has 2 aromatic heterocycles. The van der Waals surface area contributed by atoms with Gasteiger partial charge in [0.05, 0.1) is 31.3 Å². The minimum Gasteiger partial charge on any atom is -0.493 e. The number of furan rings is 1. The van der Waals surface area contributed by atoms with Gasteiger partial charge in [-0.3, -0.25) is 4.79 Å². The van der Waals surface area contributed by atoms with Crippen molar-refractivity contribution in [3.8, 4) is 28.8 Å². The van der Waals surface area contributed by atoms with Crippen molar-refractivity contribution in [3.63, 3.8) is 0 Å². The first kappa shape index (κ1) is 26.2. The van der Waals surface area contributed by atoms with Gasteiger partial charge in [0, 0.05) is 21.5 Å². The van der Waals surface area contributed by atoms with Gasteiger partial charge in [0.15, 0.2) is 17.3 Å². The molecule has 0 aliphatic carbocycles. The average Bonchev–Trinajstić information content (AvgIpc) is 3.44. The Balaban J connectivity index is 1.41. The van der Waals surface area contributed by atoms with Crippen molar-refractivity contribution in [2.24, 2.45) is 5.10 Å². The Bertz CT molecular complexity index is 1920. The largest absolute Gasteiger partial charge is 0.493 e. The lowest BCUT2D eigenvalue weighted by atomic mass is 10.2. The summed E-state index contributed by atoms with van der Waals surface area (Å²) in [6.07, 6.45) is 1.53. The van der Waals surface area contributed by atoms with Crippen LogP contribution < -0.4 is 19.8 Å². The van der Waals surface area contributed by atoms with Crippen LogP contribution in [0.25, 0.3) is 33.5 Å². The summed E-state index contributed by atoms with van der Waals surface area (Å²) in [7, 11) is 3.07. The molecule has 6 rings (SSSR count). The fraction of sp³-hybridized carbons (Fsp3) is 0.0938. The molecule has 0 atom stereocenters. The number of methoxy groups -OCH3 is 2. The third kappa shape index (κ3) is 5.13. The number of nitrogens with zero attached hydrogens (tertiary/aromatic N) is 3. The van der Waals surface area contributed by atoms with Gasteiger partial charge in [0.25, 0.3) is 5.56 Å². The van der Waals surface area contributed by atoms with Gasteiger partial charge in [0.1, 0.15) is 12.2 Å². The van der Waals surface area contributed by atoms with Gasteiger partial charge in [-0.05, 0) is 42.5 Å². The topological polar surface area (TPSA) is 88.1 Å². The van der Waals surface area contributed by atoms with E-state index in [2.05, 4.69) is 5.10 Å². The predicted molar refractivity (Wildman–Crippen MR) is 160 cm³/mol. The third-order valence-electron chi connectivity index (χ3n) is 6.53. The molecule has 41 heavy (non-hydrogen) atoms. The van der Waals surface area contributed by atoms with Crippen molar-refractivity contribution in [2.45, 2.75) is 6.61 Å². The molecule has 6 aromatic rings. The molecule has 0 aliphatic heterocycles. The van der Waals surface area contributed by atoms with E-state index in [1.54, 1.807) is 36.4 Å². The summed E-state index contributed by atoms with van der Waals surface area (Å²) < 4.78 is 24.6. The van der Waals surface area contributed by atoms with E-state index in [0.29, 0.717) is 50.1 Å². The fourth-order valence-corrected chi connectivity index (χ4v) is 4.68. The van der Waals surface area contributed by atoms with Gasteiger partial charge in [-0.2, -0.15) is 9.78 Å².